The summed E-state index contributed by atoms with van der Waals surface area (Å²) in [5, 5.41) is 0. The molecule has 0 bridgehead atoms. The Kier molecular flexibility index (Phi) is 4.79. The van der Waals surface area contributed by atoms with Crippen molar-refractivity contribution < 1.29 is 12.8 Å². The van der Waals surface area contributed by atoms with Gasteiger partial charge in [0.2, 0.25) is 0 Å². The van der Waals surface area contributed by atoms with E-state index in [0.717, 1.165) is 28.0 Å². The molecule has 0 radical (unpaired) electrons. The second-order valence-corrected chi connectivity index (χ2v) is 9.24. The molecule has 8 heteroatoms. The minimum absolute atomic E-state index is 0.162. The van der Waals surface area contributed by atoms with E-state index in [1.807, 2.05) is 41.9 Å². The normalized spacial score (nSPS) is 11.7. The first-order valence-corrected chi connectivity index (χ1v) is 11.5. The predicted molar refractivity (Wildman–Crippen MR) is 123 cm³/mol. The number of benzene rings is 2. The van der Waals surface area contributed by atoms with Crippen LogP contribution in [0.5, 0.6) is 0 Å². The monoisotopic (exact) mass is 444 g/mol. The summed E-state index contributed by atoms with van der Waals surface area (Å²) in [6.45, 7) is 3.77. The van der Waals surface area contributed by atoms with Gasteiger partial charge in [-0.1, -0.05) is 24.3 Å². The smallest absolute Gasteiger partial charge is 0.261 e. The molecule has 0 atom stereocenters. The van der Waals surface area contributed by atoms with Crippen LogP contribution in [0.1, 0.15) is 11.5 Å². The molecule has 0 unspecified atom stereocenters. The molecule has 0 saturated heterocycles. The number of aryl methyl sites for hydroxylation is 2. The highest BCUT2D eigenvalue weighted by molar-refractivity contribution is 7.92. The largest absolute Gasteiger partial charge is 0.449 e. The molecular formula is C24H20N4O3S. The van der Waals surface area contributed by atoms with Gasteiger partial charge in [-0.3, -0.25) is 4.72 Å². The van der Waals surface area contributed by atoms with Crippen LogP contribution < -0.4 is 4.72 Å². The Labute approximate surface area is 185 Å². The third kappa shape index (κ3) is 3.88. The molecule has 0 aliphatic rings. The first-order valence-electron chi connectivity index (χ1n) is 9.99. The minimum Gasteiger partial charge on any atom is -0.449 e. The second kappa shape index (κ2) is 7.65. The summed E-state index contributed by atoms with van der Waals surface area (Å²) in [5.74, 6) is 0.555. The third-order valence-electron chi connectivity index (χ3n) is 5.11. The summed E-state index contributed by atoms with van der Waals surface area (Å²) >= 11 is 0. The van der Waals surface area contributed by atoms with Gasteiger partial charge in [0, 0.05) is 36.1 Å². The van der Waals surface area contributed by atoms with E-state index in [1.54, 1.807) is 55.7 Å². The van der Waals surface area contributed by atoms with E-state index < -0.39 is 10.0 Å². The first kappa shape index (κ1) is 20.0. The highest BCUT2D eigenvalue weighted by atomic mass is 32.2. The highest BCUT2D eigenvalue weighted by Crippen LogP contribution is 2.26. The molecule has 0 spiro atoms. The van der Waals surface area contributed by atoms with Crippen LogP contribution in [0.2, 0.25) is 0 Å². The van der Waals surface area contributed by atoms with E-state index in [2.05, 4.69) is 14.7 Å². The van der Waals surface area contributed by atoms with Crippen molar-refractivity contribution in [2.75, 3.05) is 4.72 Å². The summed E-state index contributed by atoms with van der Waals surface area (Å²) in [7, 11) is -3.76. The van der Waals surface area contributed by atoms with E-state index in [0.29, 0.717) is 17.3 Å². The Bertz CT molecular complexity index is 1530. The van der Waals surface area contributed by atoms with Crippen LogP contribution in [-0.4, -0.2) is 22.8 Å². The number of fused-ring (bicyclic) bond motifs is 1. The zero-order valence-corrected chi connectivity index (χ0v) is 18.3. The number of oxazole rings is 1. The van der Waals surface area contributed by atoms with Crippen LogP contribution in [0.25, 0.3) is 28.2 Å². The number of nitrogens with one attached hydrogen (secondary N) is 1. The maximum absolute atomic E-state index is 12.9. The van der Waals surface area contributed by atoms with Crippen molar-refractivity contribution in [1.29, 1.82) is 0 Å². The lowest BCUT2D eigenvalue weighted by Gasteiger charge is -2.09. The molecule has 3 heterocycles. The molecule has 160 valence electrons. The van der Waals surface area contributed by atoms with Crippen LogP contribution in [0, 0.1) is 13.8 Å². The molecule has 0 saturated carbocycles. The zero-order valence-electron chi connectivity index (χ0n) is 17.5. The molecule has 0 aliphatic heterocycles. The number of nitrogens with zero attached hydrogens (tertiary/aromatic N) is 3. The van der Waals surface area contributed by atoms with Crippen molar-refractivity contribution >= 4 is 21.4 Å². The maximum Gasteiger partial charge on any atom is 0.261 e. The third-order valence-corrected chi connectivity index (χ3v) is 6.50. The lowest BCUT2D eigenvalue weighted by molar-refractivity contribution is 0.521. The Balaban J connectivity index is 1.40. The van der Waals surface area contributed by atoms with Gasteiger partial charge in [-0.05, 0) is 48.9 Å². The van der Waals surface area contributed by atoms with Gasteiger partial charge in [0.05, 0.1) is 10.6 Å². The molecule has 0 aliphatic carbocycles. The van der Waals surface area contributed by atoms with Gasteiger partial charge in [0.25, 0.3) is 10.0 Å². The second-order valence-electron chi connectivity index (χ2n) is 7.56. The molecule has 5 rings (SSSR count). The number of hydrogen-bond donors (Lipinski definition) is 1. The van der Waals surface area contributed by atoms with Crippen LogP contribution in [0.15, 0.2) is 88.6 Å². The fourth-order valence-corrected chi connectivity index (χ4v) is 4.53. The van der Waals surface area contributed by atoms with Gasteiger partial charge < -0.3 is 8.82 Å². The number of aromatic nitrogens is 3. The van der Waals surface area contributed by atoms with Gasteiger partial charge in [-0.25, -0.2) is 18.4 Å². The van der Waals surface area contributed by atoms with Gasteiger partial charge in [0.15, 0.2) is 5.89 Å². The molecule has 0 amide bonds. The fourth-order valence-electron chi connectivity index (χ4n) is 3.48. The van der Waals surface area contributed by atoms with E-state index in [4.69, 9.17) is 4.42 Å². The SMILES string of the molecule is Cc1ccn2cc(-c3cccc(NS(=O)(=O)c4ccc(-c5coc(C)n5)cc4)c3)nc2c1. The first-order chi connectivity index (χ1) is 15.4. The quantitative estimate of drug-likeness (QED) is 0.409. The van der Waals surface area contributed by atoms with E-state index in [9.17, 15) is 8.42 Å². The molecular weight excluding hydrogens is 424 g/mol. The van der Waals surface area contributed by atoms with Gasteiger partial charge in [-0.15, -0.1) is 0 Å². The molecule has 0 fully saturated rings. The molecule has 5 aromatic rings. The van der Waals surface area contributed by atoms with Gasteiger partial charge in [0.1, 0.15) is 17.6 Å². The molecule has 7 nitrogen and oxygen atoms in total. The van der Waals surface area contributed by atoms with Crippen LogP contribution in [-0.2, 0) is 10.0 Å². The fraction of sp³-hybridized carbons (Fsp3) is 0.0833. The number of pyridine rings is 1. The van der Waals surface area contributed by atoms with E-state index >= 15 is 0 Å². The Morgan fingerprint density at radius 2 is 1.72 bits per heavy atom. The average molecular weight is 445 g/mol. The van der Waals surface area contributed by atoms with Gasteiger partial charge >= 0.3 is 0 Å². The number of hydrogen-bond acceptors (Lipinski definition) is 5. The summed E-state index contributed by atoms with van der Waals surface area (Å²) in [6.07, 6.45) is 5.42. The van der Waals surface area contributed by atoms with E-state index in [1.165, 1.54) is 0 Å². The highest BCUT2D eigenvalue weighted by Gasteiger charge is 2.16. The average Bonchev–Trinajstić information content (AvgIpc) is 3.39. The number of imidazole rings is 1. The summed E-state index contributed by atoms with van der Waals surface area (Å²) in [6, 6.07) is 17.7. The predicted octanol–water partition coefficient (Wildman–Crippen LogP) is 5.07. The number of rotatable bonds is 5. The lowest BCUT2D eigenvalue weighted by Crippen LogP contribution is -2.12. The van der Waals surface area contributed by atoms with Crippen molar-refractivity contribution in [3.05, 3.63) is 90.8 Å². The standard InChI is InChI=1S/C24H20N4O3S/c1-16-10-11-28-14-22(26-24(28)12-16)19-4-3-5-20(13-19)27-32(29,30)21-8-6-18(7-9-21)23-15-31-17(2)25-23/h3-15,27H,1-2H3. The Morgan fingerprint density at radius 1 is 0.906 bits per heavy atom. The Morgan fingerprint density at radius 3 is 2.47 bits per heavy atom. The van der Waals surface area contributed by atoms with Crippen molar-refractivity contribution in [1.82, 2.24) is 14.4 Å². The van der Waals surface area contributed by atoms with Crippen molar-refractivity contribution in [3.63, 3.8) is 0 Å². The van der Waals surface area contributed by atoms with E-state index in [-0.39, 0.29) is 4.90 Å². The molecule has 2 aromatic carbocycles. The van der Waals surface area contributed by atoms with Crippen LogP contribution >= 0.6 is 0 Å². The summed E-state index contributed by atoms with van der Waals surface area (Å²) in [4.78, 5) is 9.07. The maximum atomic E-state index is 12.9. The number of sulfonamides is 1. The minimum atomic E-state index is -3.76. The van der Waals surface area contributed by atoms with Crippen LogP contribution in [0.3, 0.4) is 0 Å². The van der Waals surface area contributed by atoms with Crippen LogP contribution in [0.4, 0.5) is 5.69 Å². The van der Waals surface area contributed by atoms with Crippen molar-refractivity contribution in [3.8, 4) is 22.5 Å². The van der Waals surface area contributed by atoms with Crippen molar-refractivity contribution in [2.24, 2.45) is 0 Å². The molecule has 1 N–H and O–H groups in total. The van der Waals surface area contributed by atoms with Crippen molar-refractivity contribution in [2.45, 2.75) is 18.7 Å². The Hall–Kier alpha value is -3.91. The molecule has 32 heavy (non-hydrogen) atoms. The zero-order chi connectivity index (χ0) is 22.3. The summed E-state index contributed by atoms with van der Waals surface area (Å²) in [5.41, 5.74) is 5.47. The topological polar surface area (TPSA) is 89.5 Å². The number of anilines is 1. The van der Waals surface area contributed by atoms with Gasteiger partial charge in [-0.2, -0.15) is 0 Å². The molecule has 3 aromatic heterocycles. The lowest BCUT2D eigenvalue weighted by atomic mass is 10.1. The summed E-state index contributed by atoms with van der Waals surface area (Å²) < 4.78 is 35.6.